The normalized spacial score (nSPS) is 11.9. The van der Waals surface area contributed by atoms with Crippen molar-refractivity contribution in [2.75, 3.05) is 19.4 Å². The molecule has 1 aromatic heterocycles. The van der Waals surface area contributed by atoms with Crippen molar-refractivity contribution in [3.05, 3.63) is 58.2 Å². The van der Waals surface area contributed by atoms with Gasteiger partial charge in [-0.2, -0.15) is 0 Å². The first-order valence-electron chi connectivity index (χ1n) is 8.14. The van der Waals surface area contributed by atoms with Gasteiger partial charge in [0.15, 0.2) is 0 Å². The van der Waals surface area contributed by atoms with E-state index in [1.807, 2.05) is 6.92 Å². The molecule has 0 saturated heterocycles. The number of halogens is 1. The number of thiophene rings is 1. The maximum atomic E-state index is 13.9. The minimum absolute atomic E-state index is 0.105. The largest absolute Gasteiger partial charge is 0.321 e. The van der Waals surface area contributed by atoms with Crippen LogP contribution in [0.15, 0.2) is 41.3 Å². The molecule has 8 heteroatoms. The molecule has 142 valence electrons. The molecule has 0 radical (unpaired) electrons. The van der Waals surface area contributed by atoms with Gasteiger partial charge in [0.05, 0.1) is 9.77 Å². The lowest BCUT2D eigenvalue weighted by Crippen LogP contribution is -2.23. The number of nitrogens with zero attached hydrogens (tertiary/aromatic N) is 1. The van der Waals surface area contributed by atoms with Gasteiger partial charge in [0.2, 0.25) is 10.0 Å². The third-order valence-electron chi connectivity index (χ3n) is 4.40. The van der Waals surface area contributed by atoms with Crippen molar-refractivity contribution in [1.82, 2.24) is 4.31 Å². The highest BCUT2D eigenvalue weighted by Gasteiger charge is 2.21. The smallest absolute Gasteiger partial charge is 0.265 e. The maximum Gasteiger partial charge on any atom is 0.265 e. The summed E-state index contributed by atoms with van der Waals surface area (Å²) < 4.78 is 40.5. The molecule has 1 amide bonds. The number of carbonyl (C=O) groups is 1. The number of carbonyl (C=O) groups excluding carboxylic acids is 1. The van der Waals surface area contributed by atoms with E-state index in [2.05, 4.69) is 5.32 Å². The quantitative estimate of drug-likeness (QED) is 0.707. The van der Waals surface area contributed by atoms with E-state index >= 15 is 0 Å². The Balaban J connectivity index is 2.00. The molecular weight excluding hydrogens is 387 g/mol. The molecule has 0 aliphatic carbocycles. The molecule has 0 atom stereocenters. The zero-order valence-electron chi connectivity index (χ0n) is 15.3. The molecule has 5 nitrogen and oxygen atoms in total. The van der Waals surface area contributed by atoms with E-state index in [0.29, 0.717) is 20.7 Å². The van der Waals surface area contributed by atoms with Gasteiger partial charge in [-0.1, -0.05) is 6.07 Å². The van der Waals surface area contributed by atoms with Crippen LogP contribution in [-0.2, 0) is 10.0 Å². The number of rotatable bonds is 4. The lowest BCUT2D eigenvalue weighted by atomic mass is 10.1. The lowest BCUT2D eigenvalue weighted by Gasteiger charge is -2.16. The number of fused-ring (bicyclic) bond motifs is 1. The first kappa shape index (κ1) is 19.5. The number of nitrogens with one attached hydrogen (secondary N) is 1. The monoisotopic (exact) mass is 406 g/mol. The molecule has 3 aromatic rings. The summed E-state index contributed by atoms with van der Waals surface area (Å²) in [5.74, 6) is -0.786. The molecule has 0 saturated carbocycles. The third-order valence-corrected chi connectivity index (χ3v) is 7.29. The Kier molecular flexibility index (Phi) is 5.07. The van der Waals surface area contributed by atoms with Gasteiger partial charge >= 0.3 is 0 Å². The molecular formula is C19H19FN2O3S2. The standard InChI is InChI=1S/C19H19FN2O3S2/c1-11-8-13(27(24,25)22(3)4)9-16(12(11)2)21-19(23)18-10-14-15(20)6-5-7-17(14)26-18/h5-10H,1-4H3,(H,21,23). The number of benzene rings is 2. The summed E-state index contributed by atoms with van der Waals surface area (Å²) in [5, 5.41) is 3.16. The van der Waals surface area contributed by atoms with Crippen molar-refractivity contribution in [3.63, 3.8) is 0 Å². The Morgan fingerprint density at radius 3 is 2.48 bits per heavy atom. The molecule has 1 N–H and O–H groups in total. The van der Waals surface area contributed by atoms with E-state index in [-0.39, 0.29) is 10.7 Å². The summed E-state index contributed by atoms with van der Waals surface area (Å²) in [4.78, 5) is 13.1. The molecule has 0 spiro atoms. The highest BCUT2D eigenvalue weighted by molar-refractivity contribution is 7.89. The minimum Gasteiger partial charge on any atom is -0.321 e. The van der Waals surface area contributed by atoms with Crippen LogP contribution in [0.2, 0.25) is 0 Å². The average molecular weight is 407 g/mol. The van der Waals surface area contributed by atoms with Crippen LogP contribution in [0.5, 0.6) is 0 Å². The lowest BCUT2D eigenvalue weighted by molar-refractivity contribution is 0.103. The first-order valence-corrected chi connectivity index (χ1v) is 10.4. The van der Waals surface area contributed by atoms with E-state index in [4.69, 9.17) is 0 Å². The van der Waals surface area contributed by atoms with Gasteiger partial charge in [-0.25, -0.2) is 17.1 Å². The van der Waals surface area contributed by atoms with Crippen molar-refractivity contribution in [2.45, 2.75) is 18.7 Å². The topological polar surface area (TPSA) is 66.5 Å². The molecule has 0 bridgehead atoms. The second-order valence-corrected chi connectivity index (χ2v) is 9.65. The number of anilines is 1. The van der Waals surface area contributed by atoms with Gasteiger partial charge in [0, 0.05) is 29.9 Å². The highest BCUT2D eigenvalue weighted by atomic mass is 32.2. The zero-order valence-corrected chi connectivity index (χ0v) is 17.0. The summed E-state index contributed by atoms with van der Waals surface area (Å²) >= 11 is 1.18. The fourth-order valence-electron chi connectivity index (χ4n) is 2.64. The average Bonchev–Trinajstić information content (AvgIpc) is 3.04. The van der Waals surface area contributed by atoms with Crippen LogP contribution in [0, 0.1) is 19.7 Å². The van der Waals surface area contributed by atoms with Crippen molar-refractivity contribution in [2.24, 2.45) is 0 Å². The summed E-state index contributed by atoms with van der Waals surface area (Å²) in [6.45, 7) is 3.59. The number of aryl methyl sites for hydroxylation is 1. The van der Waals surface area contributed by atoms with Gasteiger partial charge in [0.25, 0.3) is 5.91 Å². The van der Waals surface area contributed by atoms with Gasteiger partial charge in [-0.3, -0.25) is 4.79 Å². The molecule has 3 rings (SSSR count). The number of sulfonamides is 1. The SMILES string of the molecule is Cc1cc(S(=O)(=O)N(C)C)cc(NC(=O)c2cc3c(F)cccc3s2)c1C. The van der Waals surface area contributed by atoms with Crippen LogP contribution < -0.4 is 5.32 Å². The Morgan fingerprint density at radius 2 is 1.85 bits per heavy atom. The maximum absolute atomic E-state index is 13.9. The van der Waals surface area contributed by atoms with Crippen LogP contribution in [0.1, 0.15) is 20.8 Å². The second-order valence-electron chi connectivity index (χ2n) is 6.42. The highest BCUT2D eigenvalue weighted by Crippen LogP contribution is 2.30. The summed E-state index contributed by atoms with van der Waals surface area (Å²) in [5.41, 5.74) is 1.93. The van der Waals surface area contributed by atoms with Crippen LogP contribution in [0.3, 0.4) is 0 Å². The van der Waals surface area contributed by atoms with Gasteiger partial charge in [-0.05, 0) is 55.3 Å². The summed E-state index contributed by atoms with van der Waals surface area (Å²) in [6, 6.07) is 9.23. The summed E-state index contributed by atoms with van der Waals surface area (Å²) in [6.07, 6.45) is 0. The van der Waals surface area contributed by atoms with E-state index in [1.165, 1.54) is 43.6 Å². The van der Waals surface area contributed by atoms with Crippen LogP contribution in [0.4, 0.5) is 10.1 Å². The van der Waals surface area contributed by atoms with Gasteiger partial charge in [0.1, 0.15) is 5.82 Å². The van der Waals surface area contributed by atoms with Crippen LogP contribution in [-0.4, -0.2) is 32.7 Å². The molecule has 27 heavy (non-hydrogen) atoms. The fourth-order valence-corrected chi connectivity index (χ4v) is 4.62. The van der Waals surface area contributed by atoms with Crippen molar-refractivity contribution >= 4 is 43.0 Å². The molecule has 1 heterocycles. The molecule has 0 aliphatic rings. The Hall–Kier alpha value is -2.29. The van der Waals surface area contributed by atoms with Crippen molar-refractivity contribution < 1.29 is 17.6 Å². The van der Waals surface area contributed by atoms with Crippen LogP contribution in [0.25, 0.3) is 10.1 Å². The van der Waals surface area contributed by atoms with E-state index in [1.54, 1.807) is 25.1 Å². The van der Waals surface area contributed by atoms with E-state index in [0.717, 1.165) is 15.4 Å². The minimum atomic E-state index is -3.63. The Bertz CT molecular complexity index is 1150. The third kappa shape index (κ3) is 3.60. The predicted octanol–water partition coefficient (Wildman–Crippen LogP) is 4.16. The first-order chi connectivity index (χ1) is 12.6. The molecule has 0 aliphatic heterocycles. The van der Waals surface area contributed by atoms with E-state index < -0.39 is 15.9 Å². The Labute approximate surface area is 161 Å². The number of amides is 1. The zero-order chi connectivity index (χ0) is 19.9. The van der Waals surface area contributed by atoms with Gasteiger partial charge in [-0.15, -0.1) is 11.3 Å². The summed E-state index contributed by atoms with van der Waals surface area (Å²) in [7, 11) is -0.724. The molecule has 0 unspecified atom stereocenters. The number of hydrogen-bond donors (Lipinski definition) is 1. The molecule has 2 aromatic carbocycles. The van der Waals surface area contributed by atoms with Crippen LogP contribution >= 0.6 is 11.3 Å². The van der Waals surface area contributed by atoms with Gasteiger partial charge < -0.3 is 5.32 Å². The van der Waals surface area contributed by atoms with E-state index in [9.17, 15) is 17.6 Å². The number of hydrogen-bond acceptors (Lipinski definition) is 4. The second kappa shape index (κ2) is 7.03. The predicted molar refractivity (Wildman–Crippen MR) is 107 cm³/mol. The fraction of sp³-hybridized carbons (Fsp3) is 0.211. The molecule has 0 fully saturated rings. The van der Waals surface area contributed by atoms with Crippen molar-refractivity contribution in [3.8, 4) is 0 Å². The van der Waals surface area contributed by atoms with Crippen molar-refractivity contribution in [1.29, 1.82) is 0 Å². The Morgan fingerprint density at radius 1 is 1.15 bits per heavy atom.